The van der Waals surface area contributed by atoms with Crippen LogP contribution in [0.5, 0.6) is 0 Å². The number of nitrogens with one attached hydrogen (secondary N) is 2. The number of carbonyl (C=O) groups excluding carboxylic acids is 2. The van der Waals surface area contributed by atoms with E-state index in [1.807, 2.05) is 13.8 Å². The maximum absolute atomic E-state index is 12.2. The van der Waals surface area contributed by atoms with Crippen LogP contribution in [0.1, 0.15) is 41.1 Å². The van der Waals surface area contributed by atoms with Gasteiger partial charge in [-0.15, -0.1) is 11.3 Å². The van der Waals surface area contributed by atoms with Gasteiger partial charge in [0, 0.05) is 31.6 Å². The lowest BCUT2D eigenvalue weighted by atomic mass is 9.93. The standard InChI is InChI=1S/C16H24N2O5S/c1-16(2)8-10-11(9-23-16)24-13(12(10)14(19)22-4)18-15(20)17-6-5-7-21-3/h5-9H2,1-4H3,(H2,17,18,20). The zero-order valence-electron chi connectivity index (χ0n) is 14.5. The van der Waals surface area contributed by atoms with E-state index in [4.69, 9.17) is 14.2 Å². The van der Waals surface area contributed by atoms with Crippen molar-refractivity contribution < 1.29 is 23.8 Å². The summed E-state index contributed by atoms with van der Waals surface area (Å²) in [4.78, 5) is 25.2. The molecule has 1 aliphatic rings. The number of esters is 1. The summed E-state index contributed by atoms with van der Waals surface area (Å²) in [6.07, 6.45) is 1.32. The van der Waals surface area contributed by atoms with Gasteiger partial charge in [0.2, 0.25) is 0 Å². The molecule has 134 valence electrons. The molecule has 0 aliphatic carbocycles. The van der Waals surface area contributed by atoms with Gasteiger partial charge in [-0.25, -0.2) is 9.59 Å². The molecule has 2 heterocycles. The molecule has 0 spiro atoms. The number of fused-ring (bicyclic) bond motifs is 1. The molecule has 2 N–H and O–H groups in total. The molecule has 1 aliphatic heterocycles. The number of amides is 2. The van der Waals surface area contributed by atoms with Gasteiger partial charge in [0.1, 0.15) is 5.00 Å². The third kappa shape index (κ3) is 4.46. The quantitative estimate of drug-likeness (QED) is 0.604. The molecule has 0 unspecified atom stereocenters. The lowest BCUT2D eigenvalue weighted by Crippen LogP contribution is -2.32. The number of anilines is 1. The topological polar surface area (TPSA) is 85.9 Å². The zero-order chi connectivity index (χ0) is 17.7. The first-order valence-electron chi connectivity index (χ1n) is 7.78. The summed E-state index contributed by atoms with van der Waals surface area (Å²) in [5, 5.41) is 6.00. The fourth-order valence-corrected chi connectivity index (χ4v) is 3.64. The summed E-state index contributed by atoms with van der Waals surface area (Å²) in [6.45, 7) is 5.45. The molecular formula is C16H24N2O5S. The van der Waals surface area contributed by atoms with E-state index in [0.717, 1.165) is 16.9 Å². The van der Waals surface area contributed by atoms with Gasteiger partial charge in [0.15, 0.2) is 0 Å². The van der Waals surface area contributed by atoms with Crippen molar-refractivity contribution in [2.75, 3.05) is 32.7 Å². The second-order valence-electron chi connectivity index (χ2n) is 6.15. The average molecular weight is 356 g/mol. The molecule has 0 aromatic carbocycles. The van der Waals surface area contributed by atoms with E-state index in [1.165, 1.54) is 18.4 Å². The van der Waals surface area contributed by atoms with Crippen LogP contribution < -0.4 is 10.6 Å². The number of urea groups is 1. The van der Waals surface area contributed by atoms with E-state index >= 15 is 0 Å². The van der Waals surface area contributed by atoms with Crippen LogP contribution >= 0.6 is 11.3 Å². The van der Waals surface area contributed by atoms with E-state index in [9.17, 15) is 9.59 Å². The number of thiophene rings is 1. The van der Waals surface area contributed by atoms with Crippen molar-refractivity contribution in [2.45, 2.75) is 38.9 Å². The molecular weight excluding hydrogens is 332 g/mol. The van der Waals surface area contributed by atoms with Crippen molar-refractivity contribution in [3.8, 4) is 0 Å². The molecule has 0 radical (unpaired) electrons. The van der Waals surface area contributed by atoms with Crippen LogP contribution in [-0.2, 0) is 27.2 Å². The molecule has 0 fully saturated rings. The van der Waals surface area contributed by atoms with Crippen LogP contribution in [0.25, 0.3) is 0 Å². The maximum Gasteiger partial charge on any atom is 0.341 e. The van der Waals surface area contributed by atoms with Crippen molar-refractivity contribution in [3.05, 3.63) is 16.0 Å². The molecule has 1 aromatic heterocycles. The number of hydrogen-bond donors (Lipinski definition) is 2. The lowest BCUT2D eigenvalue weighted by Gasteiger charge is -2.30. The van der Waals surface area contributed by atoms with Crippen molar-refractivity contribution in [1.82, 2.24) is 5.32 Å². The molecule has 24 heavy (non-hydrogen) atoms. The Kier molecular flexibility index (Phi) is 6.20. The molecule has 7 nitrogen and oxygen atoms in total. The van der Waals surface area contributed by atoms with Crippen LogP contribution in [0, 0.1) is 0 Å². The third-order valence-electron chi connectivity index (χ3n) is 3.71. The molecule has 0 bridgehead atoms. The highest BCUT2D eigenvalue weighted by atomic mass is 32.1. The van der Waals surface area contributed by atoms with Gasteiger partial charge in [0.25, 0.3) is 0 Å². The second kappa shape index (κ2) is 7.96. The fraction of sp³-hybridized carbons (Fsp3) is 0.625. The van der Waals surface area contributed by atoms with Crippen LogP contribution in [-0.4, -0.2) is 45.0 Å². The molecule has 2 amide bonds. The van der Waals surface area contributed by atoms with E-state index in [2.05, 4.69) is 10.6 Å². The summed E-state index contributed by atoms with van der Waals surface area (Å²) in [5.41, 5.74) is 0.981. The lowest BCUT2D eigenvalue weighted by molar-refractivity contribution is -0.0384. The largest absolute Gasteiger partial charge is 0.465 e. The third-order valence-corrected chi connectivity index (χ3v) is 4.84. The summed E-state index contributed by atoms with van der Waals surface area (Å²) in [5.74, 6) is -0.445. The van der Waals surface area contributed by atoms with Crippen molar-refractivity contribution >= 4 is 28.3 Å². The number of carbonyl (C=O) groups is 2. The van der Waals surface area contributed by atoms with E-state index in [-0.39, 0.29) is 11.6 Å². The van der Waals surface area contributed by atoms with Gasteiger partial charge in [-0.1, -0.05) is 0 Å². The second-order valence-corrected chi connectivity index (χ2v) is 7.26. The van der Waals surface area contributed by atoms with Crippen LogP contribution in [0.15, 0.2) is 0 Å². The Morgan fingerprint density at radius 2 is 2.08 bits per heavy atom. The SMILES string of the molecule is COCCCNC(=O)Nc1sc2c(c1C(=O)OC)CC(C)(C)OC2. The van der Waals surface area contributed by atoms with Gasteiger partial charge in [-0.2, -0.15) is 0 Å². The highest BCUT2D eigenvalue weighted by Crippen LogP contribution is 2.40. The van der Waals surface area contributed by atoms with Crippen molar-refractivity contribution in [1.29, 1.82) is 0 Å². The Labute approximate surface area is 145 Å². The minimum absolute atomic E-state index is 0.351. The number of hydrogen-bond acceptors (Lipinski definition) is 6. The van der Waals surface area contributed by atoms with Gasteiger partial charge in [0.05, 0.1) is 24.9 Å². The highest BCUT2D eigenvalue weighted by molar-refractivity contribution is 7.17. The Bertz CT molecular complexity index is 612. The molecule has 8 heteroatoms. The number of methoxy groups -OCH3 is 2. The van der Waals surface area contributed by atoms with Gasteiger partial charge in [-0.3, -0.25) is 5.32 Å². The summed E-state index contributed by atoms with van der Waals surface area (Å²) in [7, 11) is 2.95. The normalized spacial score (nSPS) is 15.5. The molecule has 0 saturated carbocycles. The molecule has 0 saturated heterocycles. The Balaban J connectivity index is 2.16. The molecule has 0 atom stereocenters. The number of rotatable bonds is 6. The highest BCUT2D eigenvalue weighted by Gasteiger charge is 2.34. The Morgan fingerprint density at radius 3 is 2.75 bits per heavy atom. The van der Waals surface area contributed by atoms with Crippen LogP contribution in [0.3, 0.4) is 0 Å². The van der Waals surface area contributed by atoms with Crippen molar-refractivity contribution in [3.63, 3.8) is 0 Å². The van der Waals surface area contributed by atoms with Gasteiger partial charge < -0.3 is 19.5 Å². The summed E-state index contributed by atoms with van der Waals surface area (Å²) >= 11 is 1.36. The smallest absolute Gasteiger partial charge is 0.341 e. The first kappa shape index (κ1) is 18.7. The predicted molar refractivity (Wildman–Crippen MR) is 91.7 cm³/mol. The average Bonchev–Trinajstić information content (AvgIpc) is 2.86. The Morgan fingerprint density at radius 1 is 1.33 bits per heavy atom. The van der Waals surface area contributed by atoms with Crippen molar-refractivity contribution in [2.24, 2.45) is 0 Å². The van der Waals surface area contributed by atoms with Gasteiger partial charge >= 0.3 is 12.0 Å². The summed E-state index contributed by atoms with van der Waals surface area (Å²) in [6, 6.07) is -0.352. The Hall–Kier alpha value is -1.64. The van der Waals surface area contributed by atoms with E-state index in [1.54, 1.807) is 7.11 Å². The van der Waals surface area contributed by atoms with Gasteiger partial charge in [-0.05, 0) is 25.8 Å². The van der Waals surface area contributed by atoms with Crippen LogP contribution in [0.2, 0.25) is 0 Å². The zero-order valence-corrected chi connectivity index (χ0v) is 15.3. The van der Waals surface area contributed by atoms with E-state index < -0.39 is 5.97 Å². The first-order valence-corrected chi connectivity index (χ1v) is 8.60. The minimum Gasteiger partial charge on any atom is -0.465 e. The fourth-order valence-electron chi connectivity index (χ4n) is 2.53. The summed E-state index contributed by atoms with van der Waals surface area (Å²) < 4.78 is 15.6. The monoisotopic (exact) mass is 356 g/mol. The first-order chi connectivity index (χ1) is 11.4. The van der Waals surface area contributed by atoms with E-state index in [0.29, 0.717) is 36.7 Å². The minimum atomic E-state index is -0.445. The molecule has 2 rings (SSSR count). The maximum atomic E-state index is 12.2. The van der Waals surface area contributed by atoms with Crippen LogP contribution in [0.4, 0.5) is 9.80 Å². The predicted octanol–water partition coefficient (Wildman–Crippen LogP) is 2.54. The number of ether oxygens (including phenoxy) is 3. The molecule has 1 aromatic rings.